The zero-order valence-corrected chi connectivity index (χ0v) is 20.6. The van der Waals surface area contributed by atoms with Crippen LogP contribution in [0, 0.1) is 17.8 Å². The summed E-state index contributed by atoms with van der Waals surface area (Å²) in [5.74, 6) is 0.940. The summed E-state index contributed by atoms with van der Waals surface area (Å²) in [5, 5.41) is 0. The molecule has 2 saturated carbocycles. The van der Waals surface area contributed by atoms with E-state index in [0.29, 0.717) is 37.5 Å². The summed E-state index contributed by atoms with van der Waals surface area (Å²) in [6.45, 7) is 2.78. The van der Waals surface area contributed by atoms with Gasteiger partial charge in [0.25, 0.3) is 0 Å². The van der Waals surface area contributed by atoms with Crippen LogP contribution in [0.25, 0.3) is 0 Å². The summed E-state index contributed by atoms with van der Waals surface area (Å²) >= 11 is 0. The number of hydrogen-bond acceptors (Lipinski definition) is 5. The number of carbonyl (C=O) groups is 2. The maximum atomic E-state index is 14.3. The Kier molecular flexibility index (Phi) is 10.8. The van der Waals surface area contributed by atoms with Crippen molar-refractivity contribution in [3.8, 4) is 0 Å². The maximum absolute atomic E-state index is 14.3. The Hall–Kier alpha value is -1.27. The average Bonchev–Trinajstić information content (AvgIpc) is 3.36. The van der Waals surface area contributed by atoms with E-state index in [4.69, 9.17) is 14.2 Å². The lowest BCUT2D eigenvalue weighted by atomic mass is 9.86. The van der Waals surface area contributed by atoms with Gasteiger partial charge in [-0.05, 0) is 82.0 Å². The zero-order chi connectivity index (χ0) is 23.6. The van der Waals surface area contributed by atoms with E-state index in [-0.39, 0.29) is 30.1 Å². The van der Waals surface area contributed by atoms with Crippen molar-refractivity contribution in [1.82, 2.24) is 0 Å². The summed E-state index contributed by atoms with van der Waals surface area (Å²) in [4.78, 5) is 23.7. The highest BCUT2D eigenvalue weighted by Gasteiger charge is 2.48. The van der Waals surface area contributed by atoms with Crippen molar-refractivity contribution in [2.75, 3.05) is 13.7 Å². The van der Waals surface area contributed by atoms with Crippen molar-refractivity contribution in [2.24, 2.45) is 17.8 Å². The predicted molar refractivity (Wildman–Crippen MR) is 125 cm³/mol. The second kappa shape index (κ2) is 13.6. The van der Waals surface area contributed by atoms with Gasteiger partial charge in [-0.1, -0.05) is 31.4 Å². The molecule has 1 aliphatic heterocycles. The molecule has 0 amide bonds. The Morgan fingerprint density at radius 1 is 1.21 bits per heavy atom. The second-order valence-corrected chi connectivity index (χ2v) is 10.1. The number of halogens is 1. The summed E-state index contributed by atoms with van der Waals surface area (Å²) < 4.78 is 31.3. The highest BCUT2D eigenvalue weighted by atomic mass is 19.1. The van der Waals surface area contributed by atoms with Gasteiger partial charge in [-0.15, -0.1) is 0 Å². The van der Waals surface area contributed by atoms with Crippen LogP contribution in [0.4, 0.5) is 4.39 Å². The maximum Gasteiger partial charge on any atom is 0.305 e. The third-order valence-electron chi connectivity index (χ3n) is 7.79. The molecule has 3 fully saturated rings. The Morgan fingerprint density at radius 3 is 2.79 bits per heavy atom. The van der Waals surface area contributed by atoms with Gasteiger partial charge in [0, 0.05) is 19.4 Å². The number of alkyl halides is 1. The molecule has 6 heteroatoms. The van der Waals surface area contributed by atoms with Crippen LogP contribution in [0.5, 0.6) is 0 Å². The first-order valence-electron chi connectivity index (χ1n) is 13.2. The molecule has 2 unspecified atom stereocenters. The standard InChI is InChI=1S/C27H43FO5/c1-3-4-10-23(28)24(29)14-13-21-22-17-19(9-5-6-11-26(30)31-2)16-20(22)18-25(21)33-27-12-7-8-15-32-27/h9,20-23,25,27H,3-8,10-18H2,1-2H3/t20-,21+,22-,23?,25+,27?/m0/s1. The van der Waals surface area contributed by atoms with Crippen molar-refractivity contribution in [1.29, 1.82) is 0 Å². The topological polar surface area (TPSA) is 61.8 Å². The number of rotatable bonds is 13. The molecule has 2 aliphatic carbocycles. The minimum atomic E-state index is -1.32. The lowest BCUT2D eigenvalue weighted by Crippen LogP contribution is -2.32. The Morgan fingerprint density at radius 2 is 2.06 bits per heavy atom. The van der Waals surface area contributed by atoms with Gasteiger partial charge in [0.1, 0.15) is 0 Å². The molecule has 33 heavy (non-hydrogen) atoms. The van der Waals surface area contributed by atoms with Crippen molar-refractivity contribution in [3.05, 3.63) is 11.6 Å². The smallest absolute Gasteiger partial charge is 0.305 e. The van der Waals surface area contributed by atoms with Gasteiger partial charge >= 0.3 is 5.97 Å². The van der Waals surface area contributed by atoms with E-state index >= 15 is 0 Å². The number of carbonyl (C=O) groups excluding carboxylic acids is 2. The molecule has 188 valence electrons. The first-order valence-corrected chi connectivity index (χ1v) is 13.2. The largest absolute Gasteiger partial charge is 0.469 e. The molecule has 5 nitrogen and oxygen atoms in total. The summed E-state index contributed by atoms with van der Waals surface area (Å²) in [7, 11) is 1.43. The van der Waals surface area contributed by atoms with Crippen molar-refractivity contribution in [2.45, 2.75) is 115 Å². The van der Waals surface area contributed by atoms with Gasteiger partial charge in [0.15, 0.2) is 18.2 Å². The number of esters is 1. The minimum Gasteiger partial charge on any atom is -0.469 e. The van der Waals surface area contributed by atoms with E-state index in [9.17, 15) is 14.0 Å². The highest BCUT2D eigenvalue weighted by molar-refractivity contribution is 5.82. The quantitative estimate of drug-likeness (QED) is 0.187. The van der Waals surface area contributed by atoms with E-state index in [1.165, 1.54) is 12.7 Å². The first-order chi connectivity index (χ1) is 16.0. The van der Waals surface area contributed by atoms with Crippen molar-refractivity contribution >= 4 is 11.8 Å². The normalized spacial score (nSPS) is 31.5. The number of Topliss-reactive ketones (excluding diaryl/α,β-unsaturated/α-hetero) is 1. The Bertz CT molecular complexity index is 657. The van der Waals surface area contributed by atoms with Crippen LogP contribution in [0.15, 0.2) is 11.6 Å². The molecule has 6 atom stereocenters. The molecule has 0 radical (unpaired) electrons. The fourth-order valence-electron chi connectivity index (χ4n) is 5.95. The number of allylic oxidation sites excluding steroid dienone is 2. The predicted octanol–water partition coefficient (Wildman–Crippen LogP) is 6.09. The lowest BCUT2D eigenvalue weighted by molar-refractivity contribution is -0.196. The zero-order valence-electron chi connectivity index (χ0n) is 20.6. The molecule has 3 rings (SSSR count). The summed E-state index contributed by atoms with van der Waals surface area (Å²) in [6.07, 6.45) is 12.4. The summed E-state index contributed by atoms with van der Waals surface area (Å²) in [6, 6.07) is 0. The van der Waals surface area contributed by atoms with E-state index in [0.717, 1.165) is 70.8 Å². The molecular formula is C27H43FO5. The van der Waals surface area contributed by atoms with E-state index in [1.54, 1.807) is 0 Å². The molecule has 0 bridgehead atoms. The van der Waals surface area contributed by atoms with Gasteiger partial charge in [0.2, 0.25) is 0 Å². The number of ketones is 1. The van der Waals surface area contributed by atoms with Crippen LogP contribution < -0.4 is 0 Å². The van der Waals surface area contributed by atoms with Crippen molar-refractivity contribution < 1.29 is 28.2 Å². The van der Waals surface area contributed by atoms with Gasteiger partial charge in [-0.25, -0.2) is 4.39 Å². The molecule has 1 heterocycles. The van der Waals surface area contributed by atoms with Gasteiger partial charge in [-0.3, -0.25) is 9.59 Å². The van der Waals surface area contributed by atoms with Crippen molar-refractivity contribution in [3.63, 3.8) is 0 Å². The van der Waals surface area contributed by atoms with E-state index in [2.05, 4.69) is 6.08 Å². The number of ether oxygens (including phenoxy) is 3. The SMILES string of the molecule is CCCCC(F)C(=O)CC[C@@H]1[C@H]2CC(=CCCCC(=O)OC)C[C@H]2C[C@H]1OC1CCCCO1. The van der Waals surface area contributed by atoms with Crippen LogP contribution in [-0.4, -0.2) is 44.0 Å². The molecule has 0 aromatic heterocycles. The van der Waals surface area contributed by atoms with Gasteiger partial charge in [-0.2, -0.15) is 0 Å². The molecule has 0 N–H and O–H groups in total. The fraction of sp³-hybridized carbons (Fsp3) is 0.852. The molecular weight excluding hydrogens is 423 g/mol. The molecule has 0 aromatic rings. The molecule has 0 aromatic carbocycles. The fourth-order valence-corrected chi connectivity index (χ4v) is 5.95. The summed E-state index contributed by atoms with van der Waals surface area (Å²) in [5.41, 5.74) is 1.46. The molecule has 0 spiro atoms. The van der Waals surface area contributed by atoms with Crippen LogP contribution in [0.3, 0.4) is 0 Å². The second-order valence-electron chi connectivity index (χ2n) is 10.1. The third-order valence-corrected chi connectivity index (χ3v) is 7.79. The number of methoxy groups -OCH3 is 1. The van der Waals surface area contributed by atoms with E-state index in [1.807, 2.05) is 6.92 Å². The van der Waals surface area contributed by atoms with Gasteiger partial charge in [0.05, 0.1) is 13.2 Å². The van der Waals surface area contributed by atoms with Crippen LogP contribution in [0.1, 0.15) is 96.8 Å². The number of unbranched alkanes of at least 4 members (excludes halogenated alkanes) is 2. The third kappa shape index (κ3) is 7.88. The van der Waals surface area contributed by atoms with Gasteiger partial charge < -0.3 is 14.2 Å². The van der Waals surface area contributed by atoms with Crippen LogP contribution >= 0.6 is 0 Å². The number of fused-ring (bicyclic) bond motifs is 1. The lowest BCUT2D eigenvalue weighted by Gasteiger charge is -2.30. The van der Waals surface area contributed by atoms with E-state index < -0.39 is 6.17 Å². The highest BCUT2D eigenvalue weighted by Crippen LogP contribution is 2.52. The van der Waals surface area contributed by atoms with Crippen LogP contribution in [0.2, 0.25) is 0 Å². The molecule has 3 aliphatic rings. The first kappa shape index (κ1) is 26.3. The Labute approximate surface area is 198 Å². The number of hydrogen-bond donors (Lipinski definition) is 0. The monoisotopic (exact) mass is 466 g/mol. The average molecular weight is 467 g/mol. The minimum absolute atomic E-state index is 0.102. The Balaban J connectivity index is 1.56. The van der Waals surface area contributed by atoms with Crippen LogP contribution in [-0.2, 0) is 23.8 Å². The molecule has 1 saturated heterocycles.